The van der Waals surface area contributed by atoms with Crippen molar-refractivity contribution in [3.8, 4) is 6.01 Å². The van der Waals surface area contributed by atoms with E-state index in [1.807, 2.05) is 0 Å². The van der Waals surface area contributed by atoms with Gasteiger partial charge in [-0.25, -0.2) is 0 Å². The molecular weight excluding hydrogens is 410 g/mol. The normalized spacial score (nSPS) is 21.9. The number of benzene rings is 2. The number of nitrogens with zero attached hydrogens (tertiary/aromatic N) is 5. The third kappa shape index (κ3) is 3.75. The van der Waals surface area contributed by atoms with E-state index in [-0.39, 0.29) is 0 Å². The van der Waals surface area contributed by atoms with E-state index in [0.717, 1.165) is 49.3 Å². The maximum absolute atomic E-state index is 6.23. The molecule has 0 unspecified atom stereocenters. The number of fused-ring (bicyclic) bond motifs is 2. The van der Waals surface area contributed by atoms with Crippen molar-refractivity contribution < 1.29 is 4.74 Å². The monoisotopic (exact) mass is 444 g/mol. The van der Waals surface area contributed by atoms with Crippen molar-refractivity contribution in [3.63, 3.8) is 0 Å². The molecule has 0 N–H and O–H groups in total. The molecule has 1 aromatic heterocycles. The fourth-order valence-corrected chi connectivity index (χ4v) is 5.60. The second-order valence-electron chi connectivity index (χ2n) is 10.3. The zero-order valence-corrected chi connectivity index (χ0v) is 20.0. The molecule has 3 aliphatic rings. The molecule has 2 saturated heterocycles. The number of anilines is 1. The van der Waals surface area contributed by atoms with Crippen LogP contribution >= 0.6 is 0 Å². The lowest BCUT2D eigenvalue weighted by Gasteiger charge is -2.32. The highest BCUT2D eigenvalue weighted by Crippen LogP contribution is 2.38. The quantitative estimate of drug-likeness (QED) is 0.441. The van der Waals surface area contributed by atoms with E-state index in [9.17, 15) is 0 Å². The Labute approximate surface area is 196 Å². The van der Waals surface area contributed by atoms with Crippen LogP contribution in [0.2, 0.25) is 0 Å². The Bertz CT molecular complexity index is 1200. The lowest BCUT2D eigenvalue weighted by atomic mass is 10.00. The number of ether oxygens (including phenoxy) is 1. The number of hydrogen-bond acceptors (Lipinski definition) is 5. The van der Waals surface area contributed by atoms with Gasteiger partial charge in [-0.3, -0.25) is 4.48 Å². The first kappa shape index (κ1) is 20.9. The molecule has 3 aliphatic heterocycles. The first-order chi connectivity index (χ1) is 16.0. The van der Waals surface area contributed by atoms with Crippen molar-refractivity contribution in [2.75, 3.05) is 51.8 Å². The van der Waals surface area contributed by atoms with Gasteiger partial charge in [0.2, 0.25) is 5.82 Å². The van der Waals surface area contributed by atoms with Crippen molar-refractivity contribution in [2.24, 2.45) is 0 Å². The predicted molar refractivity (Wildman–Crippen MR) is 134 cm³/mol. The van der Waals surface area contributed by atoms with Gasteiger partial charge in [0.05, 0.1) is 24.8 Å². The van der Waals surface area contributed by atoms with Crippen LogP contribution in [0.1, 0.15) is 29.7 Å². The summed E-state index contributed by atoms with van der Waals surface area (Å²) >= 11 is 0. The van der Waals surface area contributed by atoms with E-state index in [0.29, 0.717) is 18.7 Å². The number of hydrogen-bond donors (Lipinski definition) is 0. The highest BCUT2D eigenvalue weighted by Gasteiger charge is 2.45. The van der Waals surface area contributed by atoms with Crippen LogP contribution in [-0.2, 0) is 13.0 Å². The Morgan fingerprint density at radius 2 is 1.91 bits per heavy atom. The summed E-state index contributed by atoms with van der Waals surface area (Å²) in [6, 6.07) is 14.2. The lowest BCUT2D eigenvalue weighted by molar-refractivity contribution is 0.187. The average molecular weight is 445 g/mol. The van der Waals surface area contributed by atoms with Gasteiger partial charge >= 0.3 is 6.01 Å². The molecule has 0 amide bonds. The predicted octanol–water partition coefficient (Wildman–Crippen LogP) is 3.92. The fraction of sp³-hybridized carbons (Fsp3) is 0.481. The minimum Gasteiger partial charge on any atom is -0.462 e. The Kier molecular flexibility index (Phi) is 5.03. The van der Waals surface area contributed by atoms with E-state index in [4.69, 9.17) is 14.7 Å². The third-order valence-corrected chi connectivity index (χ3v) is 7.94. The van der Waals surface area contributed by atoms with Gasteiger partial charge in [0.1, 0.15) is 19.7 Å². The van der Waals surface area contributed by atoms with Gasteiger partial charge in [0.15, 0.2) is 0 Å². The van der Waals surface area contributed by atoms with E-state index < -0.39 is 0 Å². The zero-order chi connectivity index (χ0) is 22.6. The molecule has 0 aliphatic carbocycles. The molecule has 2 fully saturated rings. The minimum atomic E-state index is 0.467. The van der Waals surface area contributed by atoms with Crippen LogP contribution in [0.3, 0.4) is 0 Å². The number of likely N-dealkylation sites (N-methyl/N-ethyl adjacent to an activating group) is 2. The van der Waals surface area contributed by atoms with Gasteiger partial charge < -0.3 is 14.5 Å². The molecule has 172 valence electrons. The van der Waals surface area contributed by atoms with Gasteiger partial charge in [-0.1, -0.05) is 30.3 Å². The first-order valence-electron chi connectivity index (χ1n) is 12.3. The van der Waals surface area contributed by atoms with Gasteiger partial charge in [-0.15, -0.1) is 4.98 Å². The summed E-state index contributed by atoms with van der Waals surface area (Å²) in [5.41, 5.74) is 5.11. The maximum Gasteiger partial charge on any atom is 0.321 e. The highest BCUT2D eigenvalue weighted by atomic mass is 16.5. The Morgan fingerprint density at radius 1 is 1.09 bits per heavy atom. The van der Waals surface area contributed by atoms with Crippen LogP contribution in [-0.4, -0.2) is 67.8 Å². The molecule has 0 saturated carbocycles. The van der Waals surface area contributed by atoms with E-state index in [1.54, 1.807) is 0 Å². The maximum atomic E-state index is 6.23. The second-order valence-corrected chi connectivity index (χ2v) is 10.3. The number of quaternary nitrogens is 1. The zero-order valence-electron chi connectivity index (χ0n) is 20.0. The fourth-order valence-electron chi connectivity index (χ4n) is 5.60. The molecule has 0 spiro atoms. The van der Waals surface area contributed by atoms with Crippen LogP contribution in [0, 0.1) is 6.92 Å². The molecule has 3 aromatic rings. The summed E-state index contributed by atoms with van der Waals surface area (Å²) in [5.74, 6) is 1.18. The van der Waals surface area contributed by atoms with Gasteiger partial charge in [0.25, 0.3) is 0 Å². The van der Waals surface area contributed by atoms with Crippen LogP contribution in [0.5, 0.6) is 6.01 Å². The van der Waals surface area contributed by atoms with Crippen LogP contribution in [0.25, 0.3) is 10.8 Å². The van der Waals surface area contributed by atoms with E-state index in [2.05, 4.69) is 67.2 Å². The average Bonchev–Trinajstić information content (AvgIpc) is 3.44. The Hall–Kier alpha value is -2.70. The summed E-state index contributed by atoms with van der Waals surface area (Å²) < 4.78 is 7.14. The number of rotatable bonds is 5. The molecule has 0 radical (unpaired) electrons. The summed E-state index contributed by atoms with van der Waals surface area (Å²) in [4.78, 5) is 14.8. The minimum absolute atomic E-state index is 0.467. The van der Waals surface area contributed by atoms with Crippen LogP contribution in [0.4, 0.5) is 11.5 Å². The molecule has 6 heteroatoms. The van der Waals surface area contributed by atoms with Crippen molar-refractivity contribution >= 4 is 22.3 Å². The van der Waals surface area contributed by atoms with Gasteiger partial charge in [-0.2, -0.15) is 4.98 Å². The molecular formula is C27H34N5O+. The molecule has 4 heterocycles. The summed E-state index contributed by atoms with van der Waals surface area (Å²) in [6.45, 7) is 8.13. The number of aromatic nitrogens is 2. The van der Waals surface area contributed by atoms with E-state index in [1.165, 1.54) is 46.2 Å². The summed E-state index contributed by atoms with van der Waals surface area (Å²) in [6.07, 6.45) is 3.41. The van der Waals surface area contributed by atoms with Crippen molar-refractivity contribution in [3.05, 3.63) is 53.2 Å². The molecule has 0 bridgehead atoms. The number of aryl methyl sites for hydroxylation is 1. The second kappa shape index (κ2) is 7.96. The van der Waals surface area contributed by atoms with Gasteiger partial charge in [0, 0.05) is 23.7 Å². The van der Waals surface area contributed by atoms with Crippen molar-refractivity contribution in [2.45, 2.75) is 38.8 Å². The van der Waals surface area contributed by atoms with Gasteiger partial charge in [-0.05, 0) is 56.8 Å². The Balaban J connectivity index is 1.34. The summed E-state index contributed by atoms with van der Waals surface area (Å²) in [7, 11) is 4.48. The third-order valence-electron chi connectivity index (χ3n) is 7.94. The van der Waals surface area contributed by atoms with Crippen LogP contribution < -0.4 is 14.1 Å². The van der Waals surface area contributed by atoms with Crippen LogP contribution in [0.15, 0.2) is 36.4 Å². The highest BCUT2D eigenvalue weighted by molar-refractivity contribution is 5.97. The molecule has 6 nitrogen and oxygen atoms in total. The standard InChI is InChI=1S/C27H34N5O/c1-19-7-4-8-20-9-5-11-24(25(19)20)31-14-12-22-23(17-31)28-27(29-26(22)32(3)15-16-32)33-18-21-10-6-13-30(21)2/h4-5,7-9,11,21H,6,10,12-18H2,1-3H3/q+1/t21-/m0/s1. The smallest absolute Gasteiger partial charge is 0.321 e. The van der Waals surface area contributed by atoms with Crippen molar-refractivity contribution in [1.29, 1.82) is 0 Å². The molecule has 33 heavy (non-hydrogen) atoms. The molecule has 6 rings (SSSR count). The van der Waals surface area contributed by atoms with E-state index >= 15 is 0 Å². The topological polar surface area (TPSA) is 41.5 Å². The molecule has 1 atom stereocenters. The number of likely N-dealkylation sites (tertiary alicyclic amines) is 1. The van der Waals surface area contributed by atoms with Crippen molar-refractivity contribution in [1.82, 2.24) is 19.4 Å². The summed E-state index contributed by atoms with van der Waals surface area (Å²) in [5, 5.41) is 2.65. The Morgan fingerprint density at radius 3 is 2.67 bits per heavy atom. The largest absolute Gasteiger partial charge is 0.462 e. The first-order valence-corrected chi connectivity index (χ1v) is 12.3. The lowest BCUT2D eigenvalue weighted by Crippen LogP contribution is -2.35. The SMILES string of the molecule is Cc1cccc2cccc(N3CCc4c(nc(OC[C@@H]5CCCN5C)nc4[N+]4(C)CC4)C3)c12. The molecule has 2 aromatic carbocycles.